The van der Waals surface area contributed by atoms with Gasteiger partial charge in [0.15, 0.2) is 0 Å². The maximum Gasteiger partial charge on any atom is 0.239 e. The first-order valence-corrected chi connectivity index (χ1v) is 8.90. The zero-order valence-corrected chi connectivity index (χ0v) is 15.5. The van der Waals surface area contributed by atoms with Gasteiger partial charge in [0.2, 0.25) is 17.6 Å². The van der Waals surface area contributed by atoms with Crippen LogP contribution in [0, 0.1) is 5.82 Å². The fourth-order valence-corrected chi connectivity index (χ4v) is 3.62. The van der Waals surface area contributed by atoms with Crippen LogP contribution < -0.4 is 5.32 Å². The van der Waals surface area contributed by atoms with Crippen molar-refractivity contribution in [3.8, 4) is 11.4 Å². The van der Waals surface area contributed by atoms with Crippen molar-refractivity contribution in [2.24, 2.45) is 0 Å². The van der Waals surface area contributed by atoms with Crippen molar-refractivity contribution in [1.29, 1.82) is 0 Å². The second-order valence-electron chi connectivity index (χ2n) is 6.94. The van der Waals surface area contributed by atoms with Crippen molar-refractivity contribution in [2.75, 3.05) is 19.6 Å². The molecular formula is C18H22ClFN4O3. The summed E-state index contributed by atoms with van der Waals surface area (Å²) in [6, 6.07) is 5.61. The minimum Gasteiger partial charge on any atom is -0.392 e. The number of carbonyl (C=O) groups is 1. The molecule has 2 N–H and O–H groups in total. The van der Waals surface area contributed by atoms with Gasteiger partial charge in [0.25, 0.3) is 0 Å². The number of nitrogens with zero attached hydrogens (tertiary/aromatic N) is 3. The van der Waals surface area contributed by atoms with E-state index in [2.05, 4.69) is 15.5 Å². The van der Waals surface area contributed by atoms with Gasteiger partial charge in [-0.1, -0.05) is 5.16 Å². The van der Waals surface area contributed by atoms with Crippen molar-refractivity contribution in [3.05, 3.63) is 36.0 Å². The second kappa shape index (κ2) is 8.33. The van der Waals surface area contributed by atoms with Crippen molar-refractivity contribution < 1.29 is 18.8 Å². The number of rotatable bonds is 3. The Bertz CT molecular complexity index is 785. The summed E-state index contributed by atoms with van der Waals surface area (Å²) in [5, 5.41) is 16.7. The van der Waals surface area contributed by atoms with Crippen LogP contribution in [0.5, 0.6) is 0 Å². The van der Waals surface area contributed by atoms with Gasteiger partial charge in [-0.05, 0) is 43.5 Å². The monoisotopic (exact) mass is 396 g/mol. The van der Waals surface area contributed by atoms with E-state index in [9.17, 15) is 14.3 Å². The number of nitrogens with one attached hydrogen (secondary N) is 1. The Kier molecular flexibility index (Phi) is 6.08. The SMILES string of the molecule is Cl.O=C(C1CC(O)CN1)N1CCCC(c2nc(-c3ccc(F)cc3)no2)C1. The van der Waals surface area contributed by atoms with Gasteiger partial charge in [-0.25, -0.2) is 4.39 Å². The average Bonchev–Trinajstić information content (AvgIpc) is 3.31. The first kappa shape index (κ1) is 19.7. The molecule has 4 rings (SSSR count). The maximum absolute atomic E-state index is 13.0. The number of carbonyl (C=O) groups excluding carboxylic acids is 1. The summed E-state index contributed by atoms with van der Waals surface area (Å²) in [6.07, 6.45) is 1.73. The lowest BCUT2D eigenvalue weighted by molar-refractivity contribution is -0.134. The molecule has 0 aliphatic carbocycles. The van der Waals surface area contributed by atoms with Crippen LogP contribution in [0.2, 0.25) is 0 Å². The fourth-order valence-electron chi connectivity index (χ4n) is 3.62. The van der Waals surface area contributed by atoms with E-state index < -0.39 is 6.10 Å². The third-order valence-electron chi connectivity index (χ3n) is 5.03. The van der Waals surface area contributed by atoms with Crippen molar-refractivity contribution in [3.63, 3.8) is 0 Å². The zero-order chi connectivity index (χ0) is 18.1. The minimum atomic E-state index is -0.459. The molecule has 3 unspecified atom stereocenters. The van der Waals surface area contributed by atoms with E-state index in [0.29, 0.717) is 43.3 Å². The highest BCUT2D eigenvalue weighted by molar-refractivity contribution is 5.85. The van der Waals surface area contributed by atoms with E-state index in [0.717, 1.165) is 12.8 Å². The molecule has 1 aromatic carbocycles. The van der Waals surface area contributed by atoms with Crippen molar-refractivity contribution >= 4 is 18.3 Å². The molecule has 0 bridgehead atoms. The van der Waals surface area contributed by atoms with Crippen LogP contribution in [-0.4, -0.2) is 57.8 Å². The predicted molar refractivity (Wildman–Crippen MR) is 97.9 cm³/mol. The standard InChI is InChI=1S/C18H21FN4O3.ClH/c19-13-5-3-11(4-6-13)16-21-17(26-22-16)12-2-1-7-23(10-12)18(25)15-8-14(24)9-20-15;/h3-6,12,14-15,20,24H,1-2,7-10H2;1H. The number of piperidine rings is 1. The topological polar surface area (TPSA) is 91.5 Å². The maximum atomic E-state index is 13.0. The summed E-state index contributed by atoms with van der Waals surface area (Å²) < 4.78 is 18.5. The second-order valence-corrected chi connectivity index (χ2v) is 6.94. The molecule has 0 radical (unpaired) electrons. The van der Waals surface area contributed by atoms with Gasteiger partial charge >= 0.3 is 0 Å². The fraction of sp³-hybridized carbons (Fsp3) is 0.500. The molecule has 0 saturated carbocycles. The van der Waals surface area contributed by atoms with E-state index >= 15 is 0 Å². The van der Waals surface area contributed by atoms with Crippen LogP contribution >= 0.6 is 12.4 Å². The normalized spacial score (nSPS) is 25.3. The molecule has 2 aromatic rings. The summed E-state index contributed by atoms with van der Waals surface area (Å²) >= 11 is 0. The Balaban J connectivity index is 0.00000210. The lowest BCUT2D eigenvalue weighted by Crippen LogP contribution is -2.47. The van der Waals surface area contributed by atoms with Gasteiger partial charge in [0.1, 0.15) is 5.82 Å². The highest BCUT2D eigenvalue weighted by atomic mass is 35.5. The van der Waals surface area contributed by atoms with E-state index in [1.165, 1.54) is 12.1 Å². The van der Waals surface area contributed by atoms with Gasteiger partial charge in [-0.2, -0.15) is 4.98 Å². The summed E-state index contributed by atoms with van der Waals surface area (Å²) in [5.41, 5.74) is 0.689. The third-order valence-corrected chi connectivity index (χ3v) is 5.03. The molecule has 2 saturated heterocycles. The smallest absolute Gasteiger partial charge is 0.239 e. The van der Waals surface area contributed by atoms with Gasteiger partial charge in [0, 0.05) is 25.2 Å². The molecule has 146 valence electrons. The number of aromatic nitrogens is 2. The summed E-state index contributed by atoms with van der Waals surface area (Å²) in [5.74, 6) is 0.611. The van der Waals surface area contributed by atoms with Crippen LogP contribution in [-0.2, 0) is 4.79 Å². The van der Waals surface area contributed by atoms with Crippen LogP contribution in [0.25, 0.3) is 11.4 Å². The van der Waals surface area contributed by atoms with Crippen molar-refractivity contribution in [2.45, 2.75) is 37.3 Å². The molecule has 9 heteroatoms. The average molecular weight is 397 g/mol. The highest BCUT2D eigenvalue weighted by Gasteiger charge is 2.35. The predicted octanol–water partition coefficient (Wildman–Crippen LogP) is 1.73. The summed E-state index contributed by atoms with van der Waals surface area (Å²) in [6.45, 7) is 1.68. The zero-order valence-electron chi connectivity index (χ0n) is 14.7. The van der Waals surface area contributed by atoms with Crippen LogP contribution in [0.15, 0.2) is 28.8 Å². The Morgan fingerprint density at radius 1 is 1.33 bits per heavy atom. The minimum absolute atomic E-state index is 0. The lowest BCUT2D eigenvalue weighted by atomic mass is 9.97. The molecule has 7 nitrogen and oxygen atoms in total. The Hall–Kier alpha value is -2.03. The Morgan fingerprint density at radius 3 is 2.81 bits per heavy atom. The number of halogens is 2. The van der Waals surface area contributed by atoms with Gasteiger partial charge in [-0.15, -0.1) is 12.4 Å². The van der Waals surface area contributed by atoms with Crippen LogP contribution in [0.1, 0.15) is 31.1 Å². The molecule has 3 atom stereocenters. The third kappa shape index (κ3) is 4.28. The van der Waals surface area contributed by atoms with Gasteiger partial charge < -0.3 is 19.8 Å². The number of β-amino-alcohol motifs (C(OH)–C–C–N with tert-alkyl or cyclic N) is 1. The van der Waals surface area contributed by atoms with E-state index in [1.807, 2.05) is 4.90 Å². The van der Waals surface area contributed by atoms with E-state index in [-0.39, 0.29) is 36.1 Å². The molecule has 2 aliphatic rings. The summed E-state index contributed by atoms with van der Waals surface area (Å²) in [7, 11) is 0. The number of amides is 1. The molecule has 0 spiro atoms. The van der Waals surface area contributed by atoms with Gasteiger partial charge in [0.05, 0.1) is 18.1 Å². The molecular weight excluding hydrogens is 375 g/mol. The first-order valence-electron chi connectivity index (χ1n) is 8.90. The highest BCUT2D eigenvalue weighted by Crippen LogP contribution is 2.28. The Labute approximate surface area is 162 Å². The molecule has 27 heavy (non-hydrogen) atoms. The largest absolute Gasteiger partial charge is 0.392 e. The number of benzene rings is 1. The number of hydrogen-bond donors (Lipinski definition) is 2. The number of aliphatic hydroxyl groups is 1. The molecule has 1 aromatic heterocycles. The quantitative estimate of drug-likeness (QED) is 0.821. The molecule has 2 fully saturated rings. The number of aliphatic hydroxyl groups excluding tert-OH is 1. The molecule has 2 aliphatic heterocycles. The van der Waals surface area contributed by atoms with Gasteiger partial charge in [-0.3, -0.25) is 4.79 Å². The molecule has 3 heterocycles. The van der Waals surface area contributed by atoms with Crippen LogP contribution in [0.3, 0.4) is 0 Å². The summed E-state index contributed by atoms with van der Waals surface area (Å²) in [4.78, 5) is 18.9. The number of likely N-dealkylation sites (tertiary alicyclic amines) is 1. The van der Waals surface area contributed by atoms with Crippen LogP contribution in [0.4, 0.5) is 4.39 Å². The molecule has 1 amide bonds. The van der Waals surface area contributed by atoms with Crippen molar-refractivity contribution in [1.82, 2.24) is 20.4 Å². The Morgan fingerprint density at radius 2 is 2.11 bits per heavy atom. The van der Waals surface area contributed by atoms with E-state index in [4.69, 9.17) is 4.52 Å². The first-order chi connectivity index (χ1) is 12.6. The van der Waals surface area contributed by atoms with E-state index in [1.54, 1.807) is 12.1 Å². The lowest BCUT2D eigenvalue weighted by Gasteiger charge is -2.32. The number of hydrogen-bond acceptors (Lipinski definition) is 6.